The van der Waals surface area contributed by atoms with Crippen LogP contribution < -0.4 is 5.73 Å². The van der Waals surface area contributed by atoms with Crippen molar-refractivity contribution in [3.05, 3.63) is 0 Å². The molecule has 104 valence electrons. The van der Waals surface area contributed by atoms with Crippen molar-refractivity contribution in [2.75, 3.05) is 7.05 Å². The average Bonchev–Trinajstić information content (AvgIpc) is 2.39. The molecule has 2 aliphatic carbocycles. The fraction of sp³-hybridized carbons (Fsp3) is 0.933. The van der Waals surface area contributed by atoms with Crippen molar-refractivity contribution in [2.24, 2.45) is 11.7 Å². The molecule has 1 amide bonds. The minimum atomic E-state index is -0.559. The normalized spacial score (nSPS) is 31.9. The molecule has 0 aromatic rings. The van der Waals surface area contributed by atoms with Gasteiger partial charge >= 0.3 is 0 Å². The van der Waals surface area contributed by atoms with Crippen LogP contribution in [0.2, 0.25) is 0 Å². The van der Waals surface area contributed by atoms with Crippen LogP contribution in [0.3, 0.4) is 0 Å². The summed E-state index contributed by atoms with van der Waals surface area (Å²) in [6.45, 7) is 2.31. The Morgan fingerprint density at radius 1 is 1.11 bits per heavy atom. The lowest BCUT2D eigenvalue weighted by atomic mass is 9.80. The third kappa shape index (κ3) is 2.87. The summed E-state index contributed by atoms with van der Waals surface area (Å²) in [5, 5.41) is 0. The van der Waals surface area contributed by atoms with E-state index in [0.29, 0.717) is 6.04 Å². The van der Waals surface area contributed by atoms with Gasteiger partial charge in [0, 0.05) is 13.1 Å². The van der Waals surface area contributed by atoms with Gasteiger partial charge in [0.25, 0.3) is 0 Å². The lowest BCUT2D eigenvalue weighted by Gasteiger charge is -2.40. The highest BCUT2D eigenvalue weighted by molar-refractivity contribution is 5.86. The Hall–Kier alpha value is -0.570. The summed E-state index contributed by atoms with van der Waals surface area (Å²) in [6, 6.07) is 0.427. The number of amides is 1. The number of nitrogens with two attached hydrogens (primary N) is 1. The van der Waals surface area contributed by atoms with E-state index in [2.05, 4.69) is 6.92 Å². The monoisotopic (exact) mass is 252 g/mol. The lowest BCUT2D eigenvalue weighted by molar-refractivity contribution is -0.139. The van der Waals surface area contributed by atoms with Crippen molar-refractivity contribution in [3.63, 3.8) is 0 Å². The summed E-state index contributed by atoms with van der Waals surface area (Å²) in [5.41, 5.74) is 5.79. The van der Waals surface area contributed by atoms with Gasteiger partial charge < -0.3 is 10.6 Å². The summed E-state index contributed by atoms with van der Waals surface area (Å²) in [5.74, 6) is 1.02. The first-order valence-corrected chi connectivity index (χ1v) is 7.59. The second-order valence-corrected chi connectivity index (χ2v) is 6.55. The van der Waals surface area contributed by atoms with Crippen LogP contribution in [0.15, 0.2) is 0 Å². The molecule has 0 saturated heterocycles. The SMILES string of the molecule is CC1CCC(N(C)C(=O)C2(N)CCCCC2)CC1. The highest BCUT2D eigenvalue weighted by atomic mass is 16.2. The highest BCUT2D eigenvalue weighted by Gasteiger charge is 2.39. The molecule has 2 aliphatic rings. The summed E-state index contributed by atoms with van der Waals surface area (Å²) in [6.07, 6.45) is 10.0. The van der Waals surface area contributed by atoms with E-state index in [1.165, 1.54) is 19.3 Å². The molecule has 0 spiro atoms. The predicted molar refractivity (Wildman–Crippen MR) is 74.2 cm³/mol. The van der Waals surface area contributed by atoms with E-state index < -0.39 is 5.54 Å². The molecule has 0 unspecified atom stereocenters. The van der Waals surface area contributed by atoms with Crippen molar-refractivity contribution in [1.29, 1.82) is 0 Å². The van der Waals surface area contributed by atoms with Crippen LogP contribution in [0.25, 0.3) is 0 Å². The summed E-state index contributed by atoms with van der Waals surface area (Å²) >= 11 is 0. The number of rotatable bonds is 2. The van der Waals surface area contributed by atoms with Crippen LogP contribution in [-0.4, -0.2) is 29.4 Å². The zero-order chi connectivity index (χ0) is 13.2. The first kappa shape index (κ1) is 13.9. The number of hydrogen-bond acceptors (Lipinski definition) is 2. The van der Waals surface area contributed by atoms with Crippen molar-refractivity contribution in [3.8, 4) is 0 Å². The Labute approximate surface area is 111 Å². The van der Waals surface area contributed by atoms with Gasteiger partial charge in [-0.3, -0.25) is 4.79 Å². The molecule has 0 bridgehead atoms. The second-order valence-electron chi connectivity index (χ2n) is 6.55. The first-order valence-electron chi connectivity index (χ1n) is 7.59. The van der Waals surface area contributed by atoms with Crippen LogP contribution in [0.4, 0.5) is 0 Å². The maximum atomic E-state index is 12.6. The van der Waals surface area contributed by atoms with E-state index >= 15 is 0 Å². The minimum absolute atomic E-state index is 0.196. The summed E-state index contributed by atoms with van der Waals surface area (Å²) < 4.78 is 0. The average molecular weight is 252 g/mol. The number of carbonyl (C=O) groups excluding carboxylic acids is 1. The molecule has 0 aromatic heterocycles. The van der Waals surface area contributed by atoms with Gasteiger partial charge in [-0.2, -0.15) is 0 Å². The third-order valence-electron chi connectivity index (χ3n) is 5.03. The Bertz CT molecular complexity index is 289. The molecule has 0 atom stereocenters. The zero-order valence-electron chi connectivity index (χ0n) is 12.0. The molecule has 0 radical (unpaired) electrons. The van der Waals surface area contributed by atoms with Crippen molar-refractivity contribution in [2.45, 2.75) is 76.3 Å². The van der Waals surface area contributed by atoms with Crippen LogP contribution in [0.1, 0.15) is 64.7 Å². The zero-order valence-corrected chi connectivity index (χ0v) is 12.0. The number of nitrogens with zero attached hydrogens (tertiary/aromatic N) is 1. The fourth-order valence-electron chi connectivity index (χ4n) is 3.54. The van der Waals surface area contributed by atoms with Gasteiger partial charge in [-0.25, -0.2) is 0 Å². The molecule has 3 heteroatoms. The molecule has 3 nitrogen and oxygen atoms in total. The predicted octanol–water partition coefficient (Wildman–Crippen LogP) is 2.69. The largest absolute Gasteiger partial charge is 0.341 e. The third-order valence-corrected chi connectivity index (χ3v) is 5.03. The van der Waals surface area contributed by atoms with Crippen molar-refractivity contribution in [1.82, 2.24) is 4.90 Å². The van der Waals surface area contributed by atoms with Crippen LogP contribution in [0, 0.1) is 5.92 Å². The number of likely N-dealkylation sites (N-methyl/N-ethyl adjacent to an activating group) is 1. The van der Waals surface area contributed by atoms with Gasteiger partial charge in [0.1, 0.15) is 0 Å². The molecule has 2 saturated carbocycles. The molecule has 2 rings (SSSR count). The Kier molecular flexibility index (Phi) is 4.31. The van der Waals surface area contributed by atoms with Gasteiger partial charge in [0.15, 0.2) is 0 Å². The van der Waals surface area contributed by atoms with Gasteiger partial charge in [0.05, 0.1) is 5.54 Å². The molecule has 0 heterocycles. The molecular formula is C15H28N2O. The van der Waals surface area contributed by atoms with E-state index in [4.69, 9.17) is 5.73 Å². The lowest BCUT2D eigenvalue weighted by Crippen LogP contribution is -2.57. The van der Waals surface area contributed by atoms with Crippen LogP contribution in [-0.2, 0) is 4.79 Å². The molecule has 2 fully saturated rings. The van der Waals surface area contributed by atoms with Crippen molar-refractivity contribution < 1.29 is 4.79 Å². The Balaban J connectivity index is 1.95. The van der Waals surface area contributed by atoms with Crippen LogP contribution in [0.5, 0.6) is 0 Å². The topological polar surface area (TPSA) is 46.3 Å². The van der Waals surface area contributed by atoms with Gasteiger partial charge in [0.2, 0.25) is 5.91 Å². The summed E-state index contributed by atoms with van der Waals surface area (Å²) in [4.78, 5) is 14.6. The van der Waals surface area contributed by atoms with E-state index in [0.717, 1.165) is 44.4 Å². The van der Waals surface area contributed by atoms with E-state index in [-0.39, 0.29) is 5.91 Å². The fourth-order valence-corrected chi connectivity index (χ4v) is 3.54. The first-order chi connectivity index (χ1) is 8.53. The van der Waals surface area contributed by atoms with Crippen molar-refractivity contribution >= 4 is 5.91 Å². The Morgan fingerprint density at radius 3 is 2.22 bits per heavy atom. The van der Waals surface area contributed by atoms with Gasteiger partial charge in [-0.15, -0.1) is 0 Å². The quantitative estimate of drug-likeness (QED) is 0.821. The molecule has 2 N–H and O–H groups in total. The van der Waals surface area contributed by atoms with Crippen LogP contribution >= 0.6 is 0 Å². The maximum Gasteiger partial charge on any atom is 0.242 e. The smallest absolute Gasteiger partial charge is 0.242 e. The summed E-state index contributed by atoms with van der Waals surface area (Å²) in [7, 11) is 1.96. The molecule has 0 aliphatic heterocycles. The van der Waals surface area contributed by atoms with Gasteiger partial charge in [-0.05, 0) is 44.4 Å². The van der Waals surface area contributed by atoms with E-state index in [9.17, 15) is 4.79 Å². The van der Waals surface area contributed by atoms with E-state index in [1.54, 1.807) is 0 Å². The molecule has 0 aromatic carbocycles. The minimum Gasteiger partial charge on any atom is -0.341 e. The molecule has 18 heavy (non-hydrogen) atoms. The number of carbonyl (C=O) groups is 1. The standard InChI is InChI=1S/C15H28N2O/c1-12-6-8-13(9-7-12)17(2)14(18)15(16)10-4-3-5-11-15/h12-13H,3-11,16H2,1-2H3. The number of hydrogen-bond donors (Lipinski definition) is 1. The molecular weight excluding hydrogens is 224 g/mol. The second kappa shape index (κ2) is 5.60. The maximum absolute atomic E-state index is 12.6. The van der Waals surface area contributed by atoms with Gasteiger partial charge in [-0.1, -0.05) is 26.2 Å². The van der Waals surface area contributed by atoms with E-state index in [1.807, 2.05) is 11.9 Å². The highest BCUT2D eigenvalue weighted by Crippen LogP contribution is 2.31. The Morgan fingerprint density at radius 2 is 1.67 bits per heavy atom.